The van der Waals surface area contributed by atoms with Crippen LogP contribution in [0, 0.1) is 19.3 Å². The zero-order valence-corrected chi connectivity index (χ0v) is 14.1. The molecule has 4 nitrogen and oxygen atoms in total. The molecule has 1 atom stereocenters. The van der Waals surface area contributed by atoms with Crippen LogP contribution in [0.1, 0.15) is 51.7 Å². The number of amides is 1. The summed E-state index contributed by atoms with van der Waals surface area (Å²) < 4.78 is 5.43. The summed E-state index contributed by atoms with van der Waals surface area (Å²) in [6.45, 7) is 13.5. The number of hydrogen-bond donors (Lipinski definition) is 2. The van der Waals surface area contributed by atoms with E-state index in [1.165, 1.54) is 0 Å². The number of rotatable bonds is 4. The van der Waals surface area contributed by atoms with Gasteiger partial charge in [-0.2, -0.15) is 0 Å². The highest BCUT2D eigenvalue weighted by molar-refractivity contribution is 5.88. The van der Waals surface area contributed by atoms with Crippen LogP contribution in [-0.4, -0.2) is 17.6 Å². The molecule has 0 aromatic carbocycles. The Bertz CT molecular complexity index is 545. The van der Waals surface area contributed by atoms with Crippen molar-refractivity contribution in [2.75, 3.05) is 6.54 Å². The Labute approximate surface area is 127 Å². The molecule has 0 saturated heterocycles. The van der Waals surface area contributed by atoms with Crippen LogP contribution in [0.2, 0.25) is 0 Å². The van der Waals surface area contributed by atoms with Crippen LogP contribution in [0.25, 0.3) is 0 Å². The molecule has 0 bridgehead atoms. The van der Waals surface area contributed by atoms with Crippen molar-refractivity contribution in [1.29, 1.82) is 0 Å². The minimum atomic E-state index is -1.15. The molecule has 1 aromatic rings. The van der Waals surface area contributed by atoms with Gasteiger partial charge in [0.05, 0.1) is 6.54 Å². The van der Waals surface area contributed by atoms with E-state index >= 15 is 0 Å². The summed E-state index contributed by atoms with van der Waals surface area (Å²) in [7, 11) is 0. The van der Waals surface area contributed by atoms with Gasteiger partial charge in [0.1, 0.15) is 17.1 Å². The van der Waals surface area contributed by atoms with E-state index in [1.807, 2.05) is 20.8 Å². The van der Waals surface area contributed by atoms with Crippen molar-refractivity contribution in [1.82, 2.24) is 5.32 Å². The van der Waals surface area contributed by atoms with Crippen molar-refractivity contribution in [2.45, 2.75) is 54.1 Å². The van der Waals surface area contributed by atoms with Crippen LogP contribution < -0.4 is 5.32 Å². The zero-order chi connectivity index (χ0) is 16.4. The smallest absolute Gasteiger partial charge is 0.244 e. The average Bonchev–Trinajstić information content (AvgIpc) is 2.65. The molecule has 0 saturated carbocycles. The lowest BCUT2D eigenvalue weighted by atomic mass is 9.87. The first-order valence-electron chi connectivity index (χ1n) is 7.20. The summed E-state index contributed by atoms with van der Waals surface area (Å²) in [5.74, 6) is 1.23. The molecule has 2 N–H and O–H groups in total. The first-order valence-corrected chi connectivity index (χ1v) is 7.20. The molecule has 1 amide bonds. The average molecular weight is 293 g/mol. The molecule has 1 rings (SSSR count). The lowest BCUT2D eigenvalue weighted by Crippen LogP contribution is -2.38. The predicted molar refractivity (Wildman–Crippen MR) is 84.0 cm³/mol. The van der Waals surface area contributed by atoms with Crippen LogP contribution in [0.5, 0.6) is 0 Å². The SMILES string of the molecule is C/C(=C/C(=O)NCC(C)(O)c1cc(C)oc1C)C(C)(C)C. The maximum Gasteiger partial charge on any atom is 0.244 e. The molecule has 1 unspecified atom stereocenters. The van der Waals surface area contributed by atoms with Crippen LogP contribution in [0.3, 0.4) is 0 Å². The molecule has 0 aliphatic carbocycles. The van der Waals surface area contributed by atoms with E-state index in [1.54, 1.807) is 19.1 Å². The fourth-order valence-corrected chi connectivity index (χ4v) is 1.98. The van der Waals surface area contributed by atoms with E-state index in [0.717, 1.165) is 11.3 Å². The molecule has 0 spiro atoms. The molecule has 0 fully saturated rings. The highest BCUT2D eigenvalue weighted by Gasteiger charge is 2.28. The zero-order valence-electron chi connectivity index (χ0n) is 14.1. The van der Waals surface area contributed by atoms with Crippen LogP contribution in [0.15, 0.2) is 22.1 Å². The number of nitrogens with one attached hydrogen (secondary N) is 1. The molecule has 0 aliphatic rings. The molecule has 21 heavy (non-hydrogen) atoms. The van der Waals surface area contributed by atoms with Gasteiger partial charge in [0.15, 0.2) is 0 Å². The molecule has 1 aromatic heterocycles. The van der Waals surface area contributed by atoms with E-state index in [-0.39, 0.29) is 17.9 Å². The van der Waals surface area contributed by atoms with Crippen molar-refractivity contribution in [3.63, 3.8) is 0 Å². The molecule has 118 valence electrons. The summed E-state index contributed by atoms with van der Waals surface area (Å²) in [6, 6.07) is 1.80. The number of allylic oxidation sites excluding steroid dienone is 1. The van der Waals surface area contributed by atoms with Crippen molar-refractivity contribution in [2.24, 2.45) is 5.41 Å². The number of aliphatic hydroxyl groups is 1. The van der Waals surface area contributed by atoms with E-state index in [4.69, 9.17) is 4.42 Å². The van der Waals surface area contributed by atoms with Crippen molar-refractivity contribution in [3.05, 3.63) is 34.8 Å². The molecule has 0 aliphatic heterocycles. The van der Waals surface area contributed by atoms with Gasteiger partial charge in [-0.3, -0.25) is 4.79 Å². The fourth-order valence-electron chi connectivity index (χ4n) is 1.98. The topological polar surface area (TPSA) is 62.5 Å². The largest absolute Gasteiger partial charge is 0.466 e. The first-order chi connectivity index (χ1) is 9.43. The van der Waals surface area contributed by atoms with E-state index in [0.29, 0.717) is 11.3 Å². The fraction of sp³-hybridized carbons (Fsp3) is 0.588. The maximum atomic E-state index is 11.9. The van der Waals surface area contributed by atoms with Gasteiger partial charge in [-0.25, -0.2) is 0 Å². The minimum absolute atomic E-state index is 0.0435. The lowest BCUT2D eigenvalue weighted by molar-refractivity contribution is -0.117. The third-order valence-electron chi connectivity index (χ3n) is 3.76. The van der Waals surface area contributed by atoms with Gasteiger partial charge in [0.25, 0.3) is 0 Å². The number of aryl methyl sites for hydroxylation is 2. The van der Waals surface area contributed by atoms with Crippen LogP contribution in [0.4, 0.5) is 0 Å². The molecule has 4 heteroatoms. The van der Waals surface area contributed by atoms with Gasteiger partial charge in [-0.15, -0.1) is 0 Å². The summed E-state index contributed by atoms with van der Waals surface area (Å²) in [5.41, 5.74) is 0.505. The molecule has 0 radical (unpaired) electrons. The Hall–Kier alpha value is -1.55. The van der Waals surface area contributed by atoms with Gasteiger partial charge in [-0.05, 0) is 39.2 Å². The number of hydrogen-bond acceptors (Lipinski definition) is 3. The number of furan rings is 1. The third kappa shape index (κ3) is 4.74. The summed E-state index contributed by atoms with van der Waals surface area (Å²) in [6.07, 6.45) is 1.59. The van der Waals surface area contributed by atoms with E-state index in [2.05, 4.69) is 26.1 Å². The Balaban J connectivity index is 2.74. The summed E-state index contributed by atoms with van der Waals surface area (Å²) in [5, 5.41) is 13.3. The van der Waals surface area contributed by atoms with Gasteiger partial charge < -0.3 is 14.8 Å². The number of carbonyl (C=O) groups excluding carboxylic acids is 1. The molecule has 1 heterocycles. The highest BCUT2D eigenvalue weighted by atomic mass is 16.3. The second-order valence-corrected chi connectivity index (χ2v) is 6.90. The standard InChI is InChI=1S/C17H27NO3/c1-11(16(4,5)6)8-15(19)18-10-17(7,20)14-9-12(2)21-13(14)3/h8-9,20H,10H2,1-7H3,(H,18,19)/b11-8-. The summed E-state index contributed by atoms with van der Waals surface area (Å²) in [4.78, 5) is 11.9. The van der Waals surface area contributed by atoms with Crippen LogP contribution >= 0.6 is 0 Å². The second-order valence-electron chi connectivity index (χ2n) is 6.90. The predicted octanol–water partition coefficient (Wildman–Crippen LogP) is 3.21. The van der Waals surface area contributed by atoms with Gasteiger partial charge in [0, 0.05) is 11.6 Å². The maximum absolute atomic E-state index is 11.9. The quantitative estimate of drug-likeness (QED) is 0.838. The highest BCUT2D eigenvalue weighted by Crippen LogP contribution is 2.27. The Morgan fingerprint density at radius 3 is 2.33 bits per heavy atom. The molecular formula is C17H27NO3. The first kappa shape index (κ1) is 17.5. The normalized spacial score (nSPS) is 15.7. The van der Waals surface area contributed by atoms with Gasteiger partial charge in [-0.1, -0.05) is 26.3 Å². The monoisotopic (exact) mass is 293 g/mol. The Morgan fingerprint density at radius 1 is 1.33 bits per heavy atom. The Morgan fingerprint density at radius 2 is 1.90 bits per heavy atom. The lowest BCUT2D eigenvalue weighted by Gasteiger charge is -2.23. The van der Waals surface area contributed by atoms with Crippen molar-refractivity contribution < 1.29 is 14.3 Å². The third-order valence-corrected chi connectivity index (χ3v) is 3.76. The van der Waals surface area contributed by atoms with E-state index in [9.17, 15) is 9.90 Å². The van der Waals surface area contributed by atoms with Crippen molar-refractivity contribution >= 4 is 5.91 Å². The van der Waals surface area contributed by atoms with Gasteiger partial charge >= 0.3 is 0 Å². The van der Waals surface area contributed by atoms with Gasteiger partial charge in [0.2, 0.25) is 5.91 Å². The van der Waals surface area contributed by atoms with Crippen molar-refractivity contribution in [3.8, 4) is 0 Å². The van der Waals surface area contributed by atoms with E-state index < -0.39 is 5.60 Å². The second kappa shape index (κ2) is 6.06. The molecular weight excluding hydrogens is 266 g/mol. The van der Waals surface area contributed by atoms with Crippen LogP contribution in [-0.2, 0) is 10.4 Å². The minimum Gasteiger partial charge on any atom is -0.466 e. The number of carbonyl (C=O) groups is 1. The summed E-state index contributed by atoms with van der Waals surface area (Å²) >= 11 is 0. The Kier molecular flexibility index (Phi) is 5.05.